The predicted molar refractivity (Wildman–Crippen MR) is 112 cm³/mol. The fraction of sp³-hybridized carbons (Fsp3) is 0. The van der Waals surface area contributed by atoms with Crippen LogP contribution in [0.3, 0.4) is 0 Å². The first-order valence-electron chi connectivity index (χ1n) is 9.59. The summed E-state index contributed by atoms with van der Waals surface area (Å²) in [7, 11) is 0. The van der Waals surface area contributed by atoms with Crippen LogP contribution in [-0.2, 0) is 0 Å². The number of H-pyrrole nitrogens is 1. The molecule has 0 bridgehead atoms. The van der Waals surface area contributed by atoms with Gasteiger partial charge in [0, 0.05) is 34.8 Å². The molecule has 8 heteroatoms. The predicted octanol–water partition coefficient (Wildman–Crippen LogP) is 1.84. The minimum atomic E-state index is -0.476. The lowest BCUT2D eigenvalue weighted by atomic mass is 10.1. The number of hydrogen-bond donors (Lipinski definition) is 1. The summed E-state index contributed by atoms with van der Waals surface area (Å²) in [5.41, 5.74) is 3.71. The third kappa shape index (κ3) is 3.95. The molecule has 0 amide bonds. The molecule has 8 nitrogen and oxygen atoms in total. The summed E-state index contributed by atoms with van der Waals surface area (Å²) in [4.78, 5) is 31.5. The smallest absolute Gasteiger partial charge is 0.265 e. The van der Waals surface area contributed by atoms with Crippen LogP contribution in [0.4, 0.5) is 0 Å². The van der Waals surface area contributed by atoms with Gasteiger partial charge in [-0.3, -0.25) is 9.97 Å². The number of aromatic nitrogens is 7. The molecule has 1 N–H and O–H groups in total. The van der Waals surface area contributed by atoms with Crippen molar-refractivity contribution in [2.75, 3.05) is 0 Å². The Hall–Kier alpha value is -4.59. The lowest BCUT2D eigenvalue weighted by molar-refractivity contribution is -0.616. The fourth-order valence-electron chi connectivity index (χ4n) is 3.20. The molecule has 0 unspecified atom stereocenters. The quantitative estimate of drug-likeness (QED) is 0.459. The third-order valence-corrected chi connectivity index (χ3v) is 4.79. The van der Waals surface area contributed by atoms with Crippen molar-refractivity contribution in [2.24, 2.45) is 0 Å². The van der Waals surface area contributed by atoms with E-state index in [1.54, 1.807) is 33.9 Å². The largest absolute Gasteiger partial charge is 0.483 e. The van der Waals surface area contributed by atoms with E-state index in [1.807, 2.05) is 73.3 Å². The van der Waals surface area contributed by atoms with Gasteiger partial charge in [-0.25, -0.2) is 13.9 Å². The van der Waals surface area contributed by atoms with Crippen LogP contribution < -0.4 is 14.8 Å². The van der Waals surface area contributed by atoms with Gasteiger partial charge in [0.2, 0.25) is 0 Å². The molecule has 0 saturated heterocycles. The molecule has 5 aromatic rings. The molecule has 31 heavy (non-hydrogen) atoms. The summed E-state index contributed by atoms with van der Waals surface area (Å²) in [6, 6.07) is 15.5. The standard InChI is InChI=1S/C23H16N7O/c31-23-27-21(29-13-5-19(6-14-29)17-1-9-24-10-2-17)26-22(28-23)30-15-7-20(8-16-30)18-3-11-25-12-4-18/h1-16H/q+1/p+1. The van der Waals surface area contributed by atoms with E-state index in [0.717, 1.165) is 22.3 Å². The second kappa shape index (κ2) is 8.03. The minimum Gasteiger partial charge on any atom is -0.265 e. The Morgan fingerprint density at radius 1 is 0.581 bits per heavy atom. The summed E-state index contributed by atoms with van der Waals surface area (Å²) in [6.45, 7) is 0. The SMILES string of the molecule is O=c1nc(-[n+]2ccc(-c3ccncc3)cc2)nc(-[n+]2ccc(-c3ccncc3)cc2)[nH]1. The van der Waals surface area contributed by atoms with Gasteiger partial charge < -0.3 is 0 Å². The van der Waals surface area contributed by atoms with E-state index < -0.39 is 5.69 Å². The Morgan fingerprint density at radius 3 is 1.55 bits per heavy atom. The molecule has 0 fully saturated rings. The summed E-state index contributed by atoms with van der Waals surface area (Å²) >= 11 is 0. The molecule has 0 aliphatic carbocycles. The van der Waals surface area contributed by atoms with Crippen LogP contribution in [-0.4, -0.2) is 24.9 Å². The zero-order valence-electron chi connectivity index (χ0n) is 16.3. The molecule has 5 rings (SSSR count). The molecular weight excluding hydrogens is 390 g/mol. The van der Waals surface area contributed by atoms with Crippen molar-refractivity contribution in [3.63, 3.8) is 0 Å². The molecule has 5 heterocycles. The Labute approximate surface area is 177 Å². The van der Waals surface area contributed by atoms with Crippen molar-refractivity contribution in [3.8, 4) is 34.2 Å². The molecular formula is C23H17N7O+2. The molecule has 5 aromatic heterocycles. The zero-order valence-corrected chi connectivity index (χ0v) is 16.3. The second-order valence-electron chi connectivity index (χ2n) is 6.74. The first-order chi connectivity index (χ1) is 15.3. The highest BCUT2D eigenvalue weighted by molar-refractivity contribution is 5.62. The van der Waals surface area contributed by atoms with Gasteiger partial charge in [-0.15, -0.1) is 0 Å². The maximum absolute atomic E-state index is 12.2. The van der Waals surface area contributed by atoms with Crippen molar-refractivity contribution < 1.29 is 9.13 Å². The summed E-state index contributed by atoms with van der Waals surface area (Å²) < 4.78 is 3.44. The van der Waals surface area contributed by atoms with Crippen LogP contribution in [0.15, 0.2) is 103 Å². The summed E-state index contributed by atoms with van der Waals surface area (Å²) in [5.74, 6) is 0.660. The van der Waals surface area contributed by atoms with E-state index in [0.29, 0.717) is 5.95 Å². The Bertz CT molecular complexity index is 1260. The van der Waals surface area contributed by atoms with Gasteiger partial charge in [0.05, 0.1) is 24.8 Å². The van der Waals surface area contributed by atoms with Gasteiger partial charge in [-0.1, -0.05) is 0 Å². The highest BCUT2D eigenvalue weighted by Gasteiger charge is 2.19. The topological polar surface area (TPSA) is 92.2 Å². The maximum Gasteiger partial charge on any atom is 0.483 e. The minimum absolute atomic E-state index is 0.283. The van der Waals surface area contributed by atoms with Gasteiger partial charge in [0.25, 0.3) is 0 Å². The molecule has 0 aliphatic rings. The average Bonchev–Trinajstić information content (AvgIpc) is 2.85. The van der Waals surface area contributed by atoms with Gasteiger partial charge in [-0.05, 0) is 70.8 Å². The second-order valence-corrected chi connectivity index (χ2v) is 6.74. The van der Waals surface area contributed by atoms with E-state index in [2.05, 4.69) is 24.9 Å². The number of nitrogens with zero attached hydrogens (tertiary/aromatic N) is 6. The van der Waals surface area contributed by atoms with Crippen LogP contribution in [0, 0.1) is 0 Å². The number of aromatic amines is 1. The van der Waals surface area contributed by atoms with Gasteiger partial charge in [0.1, 0.15) is 0 Å². The normalized spacial score (nSPS) is 10.7. The van der Waals surface area contributed by atoms with Gasteiger partial charge >= 0.3 is 17.6 Å². The Morgan fingerprint density at radius 2 is 1.03 bits per heavy atom. The van der Waals surface area contributed by atoms with Crippen LogP contribution in [0.25, 0.3) is 34.2 Å². The van der Waals surface area contributed by atoms with E-state index in [1.165, 1.54) is 0 Å². The molecule has 0 aliphatic heterocycles. The summed E-state index contributed by atoms with van der Waals surface area (Å²) in [5, 5.41) is 0. The Balaban J connectivity index is 1.46. The molecule has 0 aromatic carbocycles. The van der Waals surface area contributed by atoms with E-state index in [-0.39, 0.29) is 5.95 Å². The van der Waals surface area contributed by atoms with E-state index in [9.17, 15) is 4.79 Å². The number of pyridine rings is 4. The first-order valence-corrected chi connectivity index (χ1v) is 9.59. The van der Waals surface area contributed by atoms with Gasteiger partial charge in [0.15, 0.2) is 0 Å². The molecule has 0 atom stereocenters. The lowest BCUT2D eigenvalue weighted by Crippen LogP contribution is -2.41. The fourth-order valence-corrected chi connectivity index (χ4v) is 3.20. The first kappa shape index (κ1) is 18.4. The van der Waals surface area contributed by atoms with Crippen molar-refractivity contribution in [1.29, 1.82) is 0 Å². The zero-order chi connectivity index (χ0) is 21.0. The van der Waals surface area contributed by atoms with Crippen LogP contribution in [0.1, 0.15) is 0 Å². The number of rotatable bonds is 4. The van der Waals surface area contributed by atoms with E-state index >= 15 is 0 Å². The van der Waals surface area contributed by atoms with Crippen molar-refractivity contribution in [2.45, 2.75) is 0 Å². The Kier molecular flexibility index (Phi) is 4.78. The third-order valence-electron chi connectivity index (χ3n) is 4.79. The van der Waals surface area contributed by atoms with Gasteiger partial charge in [-0.2, -0.15) is 4.98 Å². The maximum atomic E-state index is 12.2. The van der Waals surface area contributed by atoms with Crippen LogP contribution in [0.5, 0.6) is 0 Å². The van der Waals surface area contributed by atoms with E-state index in [4.69, 9.17) is 0 Å². The van der Waals surface area contributed by atoms with Crippen molar-refractivity contribution >= 4 is 0 Å². The lowest BCUT2D eigenvalue weighted by Gasteiger charge is -2.03. The highest BCUT2D eigenvalue weighted by Crippen LogP contribution is 2.17. The summed E-state index contributed by atoms with van der Waals surface area (Å²) in [6.07, 6.45) is 14.3. The molecule has 0 saturated carbocycles. The number of hydrogen-bond acceptors (Lipinski definition) is 5. The van der Waals surface area contributed by atoms with Crippen molar-refractivity contribution in [1.82, 2.24) is 24.9 Å². The number of nitrogens with one attached hydrogen (secondary N) is 1. The van der Waals surface area contributed by atoms with Crippen molar-refractivity contribution in [3.05, 3.63) is 109 Å². The molecule has 148 valence electrons. The average molecular weight is 407 g/mol. The van der Waals surface area contributed by atoms with Crippen LogP contribution >= 0.6 is 0 Å². The monoisotopic (exact) mass is 407 g/mol. The van der Waals surface area contributed by atoms with Crippen LogP contribution in [0.2, 0.25) is 0 Å². The highest BCUT2D eigenvalue weighted by atomic mass is 16.1. The molecule has 0 radical (unpaired) electrons. The molecule has 0 spiro atoms.